The lowest BCUT2D eigenvalue weighted by Gasteiger charge is -2.15. The SMILES string of the molecule is O=C(Cl)C1CC(=O)N(c2ccc(Br)cc2)C1. The Morgan fingerprint density at radius 3 is 2.50 bits per heavy atom. The van der Waals surface area contributed by atoms with Gasteiger partial charge in [-0.2, -0.15) is 0 Å². The third kappa shape index (κ3) is 2.28. The zero-order valence-corrected chi connectivity index (χ0v) is 10.7. The molecule has 1 aromatic carbocycles. The van der Waals surface area contributed by atoms with E-state index < -0.39 is 5.24 Å². The molecule has 0 radical (unpaired) electrons. The average molecular weight is 303 g/mol. The normalized spacial score (nSPS) is 20.2. The number of hydrogen-bond acceptors (Lipinski definition) is 2. The van der Waals surface area contributed by atoms with Crippen molar-refractivity contribution in [1.82, 2.24) is 0 Å². The zero-order valence-electron chi connectivity index (χ0n) is 8.32. The number of carbonyl (C=O) groups excluding carboxylic acids is 2. The van der Waals surface area contributed by atoms with Gasteiger partial charge in [0.2, 0.25) is 11.1 Å². The van der Waals surface area contributed by atoms with E-state index in [0.29, 0.717) is 6.54 Å². The van der Waals surface area contributed by atoms with E-state index >= 15 is 0 Å². The molecule has 1 atom stereocenters. The highest BCUT2D eigenvalue weighted by Crippen LogP contribution is 2.27. The van der Waals surface area contributed by atoms with Crippen molar-refractivity contribution in [1.29, 1.82) is 0 Å². The Bertz CT molecular complexity index is 432. The summed E-state index contributed by atoms with van der Waals surface area (Å²) in [7, 11) is 0. The molecule has 5 heteroatoms. The van der Waals surface area contributed by atoms with E-state index in [9.17, 15) is 9.59 Å². The fourth-order valence-electron chi connectivity index (χ4n) is 1.73. The van der Waals surface area contributed by atoms with Gasteiger partial charge in [0, 0.05) is 23.1 Å². The van der Waals surface area contributed by atoms with Crippen LogP contribution in [0, 0.1) is 5.92 Å². The van der Waals surface area contributed by atoms with Crippen molar-refractivity contribution in [2.45, 2.75) is 6.42 Å². The van der Waals surface area contributed by atoms with Gasteiger partial charge in [-0.1, -0.05) is 15.9 Å². The first-order valence-corrected chi connectivity index (χ1v) is 6.00. The summed E-state index contributed by atoms with van der Waals surface area (Å²) in [6.07, 6.45) is 0.207. The third-order valence-corrected chi connectivity index (χ3v) is 3.42. The number of carbonyl (C=O) groups is 2. The van der Waals surface area contributed by atoms with Gasteiger partial charge in [-0.25, -0.2) is 0 Å². The second-order valence-corrected chi connectivity index (χ2v) is 4.97. The fraction of sp³-hybridized carbons (Fsp3) is 0.273. The lowest BCUT2D eigenvalue weighted by molar-refractivity contribution is -0.120. The summed E-state index contributed by atoms with van der Waals surface area (Å²) in [6, 6.07) is 7.39. The van der Waals surface area contributed by atoms with Gasteiger partial charge >= 0.3 is 0 Å². The molecule has 0 aliphatic carbocycles. The van der Waals surface area contributed by atoms with Crippen LogP contribution >= 0.6 is 27.5 Å². The summed E-state index contributed by atoms with van der Waals surface area (Å²) < 4.78 is 0.952. The number of anilines is 1. The maximum Gasteiger partial charge on any atom is 0.227 e. The number of rotatable bonds is 2. The Kier molecular flexibility index (Phi) is 3.30. The minimum atomic E-state index is -0.437. The molecule has 1 aliphatic heterocycles. The first-order chi connectivity index (χ1) is 7.58. The number of benzene rings is 1. The maximum atomic E-state index is 11.7. The maximum absolute atomic E-state index is 11.7. The molecule has 1 fully saturated rings. The summed E-state index contributed by atoms with van der Waals surface area (Å²) >= 11 is 8.73. The topological polar surface area (TPSA) is 37.4 Å². The zero-order chi connectivity index (χ0) is 11.7. The van der Waals surface area contributed by atoms with Crippen LogP contribution in [0.5, 0.6) is 0 Å². The second-order valence-electron chi connectivity index (χ2n) is 3.69. The summed E-state index contributed by atoms with van der Waals surface area (Å²) in [5.41, 5.74) is 0.800. The Hall–Kier alpha value is -0.870. The van der Waals surface area contributed by atoms with Crippen LogP contribution in [0.1, 0.15) is 6.42 Å². The van der Waals surface area contributed by atoms with Crippen molar-refractivity contribution in [2.24, 2.45) is 5.92 Å². The van der Waals surface area contributed by atoms with Gasteiger partial charge < -0.3 is 4.90 Å². The van der Waals surface area contributed by atoms with Crippen LogP contribution < -0.4 is 4.90 Å². The van der Waals surface area contributed by atoms with E-state index in [0.717, 1.165) is 10.2 Å². The van der Waals surface area contributed by atoms with E-state index in [-0.39, 0.29) is 18.2 Å². The van der Waals surface area contributed by atoms with Gasteiger partial charge in [-0.3, -0.25) is 9.59 Å². The Morgan fingerprint density at radius 1 is 1.38 bits per heavy atom. The van der Waals surface area contributed by atoms with Crippen LogP contribution in [0.15, 0.2) is 28.7 Å². The summed E-state index contributed by atoms with van der Waals surface area (Å²) in [4.78, 5) is 24.3. The smallest absolute Gasteiger partial charge is 0.227 e. The fourth-order valence-corrected chi connectivity index (χ4v) is 2.14. The van der Waals surface area contributed by atoms with Gasteiger partial charge in [0.15, 0.2) is 0 Å². The highest BCUT2D eigenvalue weighted by molar-refractivity contribution is 9.10. The van der Waals surface area contributed by atoms with Gasteiger partial charge in [0.05, 0.1) is 5.92 Å². The van der Waals surface area contributed by atoms with E-state index in [1.165, 1.54) is 0 Å². The van der Waals surface area contributed by atoms with E-state index in [1.807, 2.05) is 24.3 Å². The van der Waals surface area contributed by atoms with Crippen molar-refractivity contribution in [3.8, 4) is 0 Å². The van der Waals surface area contributed by atoms with Crippen LogP contribution in [0.3, 0.4) is 0 Å². The highest BCUT2D eigenvalue weighted by atomic mass is 79.9. The van der Waals surface area contributed by atoms with E-state index in [1.54, 1.807) is 4.90 Å². The summed E-state index contributed by atoms with van der Waals surface area (Å²) in [5.74, 6) is -0.431. The molecule has 1 aromatic rings. The predicted octanol–water partition coefficient (Wildman–Crippen LogP) is 2.57. The monoisotopic (exact) mass is 301 g/mol. The van der Waals surface area contributed by atoms with Crippen molar-refractivity contribution >= 4 is 44.4 Å². The molecule has 3 nitrogen and oxygen atoms in total. The molecular formula is C11H9BrClNO2. The molecule has 1 saturated heterocycles. The minimum absolute atomic E-state index is 0.0543. The van der Waals surface area contributed by atoms with Crippen molar-refractivity contribution in [2.75, 3.05) is 11.4 Å². The molecule has 84 valence electrons. The lowest BCUT2D eigenvalue weighted by Crippen LogP contribution is -2.24. The quantitative estimate of drug-likeness (QED) is 0.787. The molecule has 1 aliphatic rings. The van der Waals surface area contributed by atoms with Gasteiger partial charge in [-0.15, -0.1) is 0 Å². The molecule has 0 bridgehead atoms. The molecule has 2 rings (SSSR count). The number of nitrogens with zero attached hydrogens (tertiary/aromatic N) is 1. The largest absolute Gasteiger partial charge is 0.312 e. The molecule has 0 spiro atoms. The molecule has 0 saturated carbocycles. The second kappa shape index (κ2) is 4.55. The van der Waals surface area contributed by atoms with E-state index in [4.69, 9.17) is 11.6 Å². The molecule has 0 N–H and O–H groups in total. The summed E-state index contributed by atoms with van der Waals surface area (Å²) in [6.45, 7) is 0.378. The van der Waals surface area contributed by atoms with E-state index in [2.05, 4.69) is 15.9 Å². The molecule has 1 unspecified atom stereocenters. The molecule has 16 heavy (non-hydrogen) atoms. The molecule has 1 heterocycles. The number of amides is 1. The molecule has 0 aromatic heterocycles. The predicted molar refractivity (Wildman–Crippen MR) is 65.5 cm³/mol. The first kappa shape index (κ1) is 11.6. The summed E-state index contributed by atoms with van der Waals surface area (Å²) in [5, 5.41) is -0.437. The minimum Gasteiger partial charge on any atom is -0.312 e. The first-order valence-electron chi connectivity index (χ1n) is 4.83. The van der Waals surface area contributed by atoms with Gasteiger partial charge in [-0.05, 0) is 35.9 Å². The van der Waals surface area contributed by atoms with Crippen molar-refractivity contribution in [3.05, 3.63) is 28.7 Å². The average Bonchev–Trinajstić information content (AvgIpc) is 2.62. The number of hydrogen-bond donors (Lipinski definition) is 0. The third-order valence-electron chi connectivity index (χ3n) is 2.58. The molecular weight excluding hydrogens is 293 g/mol. The van der Waals surface area contributed by atoms with Gasteiger partial charge in [0.1, 0.15) is 0 Å². The van der Waals surface area contributed by atoms with Crippen molar-refractivity contribution in [3.63, 3.8) is 0 Å². The van der Waals surface area contributed by atoms with Crippen LogP contribution in [0.2, 0.25) is 0 Å². The van der Waals surface area contributed by atoms with Crippen LogP contribution in [0.25, 0.3) is 0 Å². The molecule has 1 amide bonds. The Labute approximate surface area is 107 Å². The lowest BCUT2D eigenvalue weighted by atomic mass is 10.1. The highest BCUT2D eigenvalue weighted by Gasteiger charge is 2.34. The van der Waals surface area contributed by atoms with Crippen LogP contribution in [-0.2, 0) is 9.59 Å². The Balaban J connectivity index is 2.20. The number of halogens is 2. The Morgan fingerprint density at radius 2 is 2.00 bits per heavy atom. The van der Waals surface area contributed by atoms with Gasteiger partial charge in [0.25, 0.3) is 0 Å². The van der Waals surface area contributed by atoms with Crippen molar-refractivity contribution < 1.29 is 9.59 Å². The van der Waals surface area contributed by atoms with Crippen LogP contribution in [-0.4, -0.2) is 17.7 Å². The standard InChI is InChI=1S/C11H9BrClNO2/c12-8-1-3-9(4-2-8)14-6-7(11(13)16)5-10(14)15/h1-4,7H,5-6H2. The van der Waals surface area contributed by atoms with Crippen LogP contribution in [0.4, 0.5) is 5.69 Å².